The molecule has 0 fully saturated rings. The number of aliphatic imine (C=N–C) groups is 1. The van der Waals surface area contributed by atoms with E-state index in [1.54, 1.807) is 0 Å². The van der Waals surface area contributed by atoms with Gasteiger partial charge in [0.25, 0.3) is 0 Å². The first kappa shape index (κ1) is 19.4. The Morgan fingerprint density at radius 2 is 1.61 bits per heavy atom. The zero-order valence-electron chi connectivity index (χ0n) is 13.7. The minimum absolute atomic E-state index is 0. The van der Waals surface area contributed by atoms with Gasteiger partial charge in [-0.25, -0.2) is 0 Å². The number of aliphatic hydroxyl groups is 1. The summed E-state index contributed by atoms with van der Waals surface area (Å²) in [6.07, 6.45) is -0.653. The molecule has 0 aliphatic rings. The molecule has 0 saturated carbocycles. The molecule has 0 saturated heterocycles. The van der Waals surface area contributed by atoms with Crippen molar-refractivity contribution in [3.05, 3.63) is 64.7 Å². The van der Waals surface area contributed by atoms with Gasteiger partial charge < -0.3 is 16.2 Å². The van der Waals surface area contributed by atoms with E-state index in [2.05, 4.69) is 16.4 Å². The van der Waals surface area contributed by atoms with Gasteiger partial charge in [0.15, 0.2) is 5.96 Å². The van der Waals surface area contributed by atoms with Crippen LogP contribution in [0.2, 0.25) is 0 Å². The number of hydrogen-bond donors (Lipinski definition) is 3. The van der Waals surface area contributed by atoms with Crippen molar-refractivity contribution in [3.8, 4) is 0 Å². The SMILES string of the molecule is Cc1ccc(C(O)CN=C(N)Nc2cc(C)cc(C)c2)cc1.I. The third-order valence-electron chi connectivity index (χ3n) is 3.39. The number of nitrogens with zero attached hydrogens (tertiary/aromatic N) is 1. The van der Waals surface area contributed by atoms with Crippen LogP contribution in [0.5, 0.6) is 0 Å². The molecule has 1 atom stereocenters. The first-order valence-electron chi connectivity index (χ1n) is 7.34. The highest BCUT2D eigenvalue weighted by Gasteiger charge is 2.06. The summed E-state index contributed by atoms with van der Waals surface area (Å²) in [4.78, 5) is 4.21. The van der Waals surface area contributed by atoms with Crippen LogP contribution in [0.4, 0.5) is 5.69 Å². The van der Waals surface area contributed by atoms with E-state index in [0.717, 1.165) is 27.9 Å². The lowest BCUT2D eigenvalue weighted by Gasteiger charge is -2.11. The van der Waals surface area contributed by atoms with Crippen LogP contribution >= 0.6 is 24.0 Å². The molecule has 0 spiro atoms. The molecule has 0 radical (unpaired) electrons. The van der Waals surface area contributed by atoms with Crippen molar-refractivity contribution < 1.29 is 5.11 Å². The van der Waals surface area contributed by atoms with Gasteiger partial charge in [0.2, 0.25) is 0 Å². The second-order valence-electron chi connectivity index (χ2n) is 5.65. The highest BCUT2D eigenvalue weighted by atomic mass is 127. The molecule has 2 rings (SSSR count). The highest BCUT2D eigenvalue weighted by Crippen LogP contribution is 2.15. The van der Waals surface area contributed by atoms with E-state index in [0.29, 0.717) is 5.96 Å². The molecule has 4 N–H and O–H groups in total. The van der Waals surface area contributed by atoms with E-state index >= 15 is 0 Å². The number of aliphatic hydroxyl groups excluding tert-OH is 1. The fourth-order valence-electron chi connectivity index (χ4n) is 2.31. The van der Waals surface area contributed by atoms with Crippen LogP contribution in [0.3, 0.4) is 0 Å². The molecule has 0 bridgehead atoms. The smallest absolute Gasteiger partial charge is 0.193 e. The molecule has 2 aromatic rings. The van der Waals surface area contributed by atoms with Crippen LogP contribution in [0.1, 0.15) is 28.4 Å². The van der Waals surface area contributed by atoms with Crippen LogP contribution in [-0.2, 0) is 0 Å². The molecule has 2 aromatic carbocycles. The van der Waals surface area contributed by atoms with E-state index in [4.69, 9.17) is 5.73 Å². The number of aryl methyl sites for hydroxylation is 3. The highest BCUT2D eigenvalue weighted by molar-refractivity contribution is 14.0. The molecule has 0 aromatic heterocycles. The lowest BCUT2D eigenvalue weighted by atomic mass is 10.1. The maximum absolute atomic E-state index is 10.1. The van der Waals surface area contributed by atoms with E-state index < -0.39 is 6.10 Å². The quantitative estimate of drug-likeness (QED) is 0.398. The van der Waals surface area contributed by atoms with Crippen molar-refractivity contribution in [2.24, 2.45) is 10.7 Å². The Morgan fingerprint density at radius 3 is 2.17 bits per heavy atom. The number of rotatable bonds is 4. The monoisotopic (exact) mass is 425 g/mol. The number of nitrogens with two attached hydrogens (primary N) is 1. The number of nitrogens with one attached hydrogen (secondary N) is 1. The summed E-state index contributed by atoms with van der Waals surface area (Å²) in [6.45, 7) is 6.31. The van der Waals surface area contributed by atoms with Gasteiger partial charge in [0.05, 0.1) is 12.6 Å². The molecule has 23 heavy (non-hydrogen) atoms. The summed E-state index contributed by atoms with van der Waals surface area (Å²) in [5, 5.41) is 13.2. The fourth-order valence-corrected chi connectivity index (χ4v) is 2.31. The topological polar surface area (TPSA) is 70.6 Å². The standard InChI is InChI=1S/C18H23N3O.HI/c1-12-4-6-15(7-5-12)17(22)11-20-18(19)21-16-9-13(2)8-14(3)10-16;/h4-10,17,22H,11H2,1-3H3,(H3,19,20,21);1H. The second-order valence-corrected chi connectivity index (χ2v) is 5.65. The van der Waals surface area contributed by atoms with Gasteiger partial charge in [-0.1, -0.05) is 35.9 Å². The summed E-state index contributed by atoms with van der Waals surface area (Å²) < 4.78 is 0. The summed E-state index contributed by atoms with van der Waals surface area (Å²) in [7, 11) is 0. The van der Waals surface area contributed by atoms with Gasteiger partial charge in [-0.05, 0) is 49.6 Å². The number of benzene rings is 2. The largest absolute Gasteiger partial charge is 0.386 e. The Morgan fingerprint density at radius 1 is 1.04 bits per heavy atom. The molecule has 0 aliphatic heterocycles. The Labute approximate surface area is 154 Å². The third kappa shape index (κ3) is 6.19. The molecule has 0 heterocycles. The van der Waals surface area contributed by atoms with Gasteiger partial charge in [-0.2, -0.15) is 0 Å². The minimum atomic E-state index is -0.653. The summed E-state index contributed by atoms with van der Waals surface area (Å²) >= 11 is 0. The third-order valence-corrected chi connectivity index (χ3v) is 3.39. The van der Waals surface area contributed by atoms with Crippen LogP contribution in [0.15, 0.2) is 47.5 Å². The number of guanidine groups is 1. The first-order chi connectivity index (χ1) is 10.4. The lowest BCUT2D eigenvalue weighted by molar-refractivity contribution is 0.187. The van der Waals surface area contributed by atoms with Crippen molar-refractivity contribution in [2.75, 3.05) is 11.9 Å². The van der Waals surface area contributed by atoms with Crippen molar-refractivity contribution in [1.82, 2.24) is 0 Å². The number of hydrogen-bond acceptors (Lipinski definition) is 2. The van der Waals surface area contributed by atoms with Crippen LogP contribution < -0.4 is 11.1 Å². The van der Waals surface area contributed by atoms with E-state index in [1.165, 1.54) is 0 Å². The average Bonchev–Trinajstić information content (AvgIpc) is 2.44. The first-order valence-corrected chi connectivity index (χ1v) is 7.34. The summed E-state index contributed by atoms with van der Waals surface area (Å²) in [5.74, 6) is 0.302. The maximum Gasteiger partial charge on any atom is 0.193 e. The van der Waals surface area contributed by atoms with E-state index in [9.17, 15) is 5.11 Å². The van der Waals surface area contributed by atoms with Gasteiger partial charge in [0, 0.05) is 5.69 Å². The van der Waals surface area contributed by atoms with Crippen LogP contribution in [0, 0.1) is 20.8 Å². The fraction of sp³-hybridized carbons (Fsp3) is 0.278. The average molecular weight is 425 g/mol. The Hall–Kier alpha value is -1.60. The number of halogens is 1. The van der Waals surface area contributed by atoms with Gasteiger partial charge in [-0.3, -0.25) is 4.99 Å². The molecule has 4 nitrogen and oxygen atoms in total. The van der Waals surface area contributed by atoms with Gasteiger partial charge >= 0.3 is 0 Å². The zero-order valence-corrected chi connectivity index (χ0v) is 16.0. The second kappa shape index (κ2) is 8.88. The van der Waals surface area contributed by atoms with Gasteiger partial charge in [0.1, 0.15) is 0 Å². The van der Waals surface area contributed by atoms with Crippen molar-refractivity contribution in [3.63, 3.8) is 0 Å². The van der Waals surface area contributed by atoms with E-state index in [-0.39, 0.29) is 30.5 Å². The Balaban J connectivity index is 0.00000264. The molecule has 124 valence electrons. The van der Waals surface area contributed by atoms with Crippen LogP contribution in [0.25, 0.3) is 0 Å². The van der Waals surface area contributed by atoms with Crippen molar-refractivity contribution in [1.29, 1.82) is 0 Å². The molecule has 0 aliphatic carbocycles. The van der Waals surface area contributed by atoms with Crippen LogP contribution in [-0.4, -0.2) is 17.6 Å². The normalized spacial score (nSPS) is 12.4. The minimum Gasteiger partial charge on any atom is -0.386 e. The Bertz CT molecular complexity index is 648. The molecule has 5 heteroatoms. The predicted octanol–water partition coefficient (Wildman–Crippen LogP) is 3.69. The van der Waals surface area contributed by atoms with Crippen molar-refractivity contribution in [2.45, 2.75) is 26.9 Å². The summed E-state index contributed by atoms with van der Waals surface area (Å²) in [6, 6.07) is 13.9. The molecule has 1 unspecified atom stereocenters. The molecular formula is C18H24IN3O. The van der Waals surface area contributed by atoms with Gasteiger partial charge in [-0.15, -0.1) is 24.0 Å². The molecular weight excluding hydrogens is 401 g/mol. The Kier molecular flexibility index (Phi) is 7.51. The van der Waals surface area contributed by atoms with E-state index in [1.807, 2.05) is 57.2 Å². The maximum atomic E-state index is 10.1. The number of anilines is 1. The summed E-state index contributed by atoms with van der Waals surface area (Å²) in [5.41, 5.74) is 11.1. The zero-order chi connectivity index (χ0) is 16.1. The van der Waals surface area contributed by atoms with Crippen molar-refractivity contribution >= 4 is 35.6 Å². The lowest BCUT2D eigenvalue weighted by Crippen LogP contribution is -2.23. The predicted molar refractivity (Wildman–Crippen MR) is 108 cm³/mol. The molecule has 0 amide bonds.